The molecule has 1 aromatic heterocycles. The molecule has 0 radical (unpaired) electrons. The van der Waals surface area contributed by atoms with E-state index in [0.717, 1.165) is 16.9 Å². The topological polar surface area (TPSA) is 80.0 Å². The number of hydrogen-bond donors (Lipinski definition) is 2. The van der Waals surface area contributed by atoms with Crippen molar-refractivity contribution >= 4 is 11.6 Å². The number of anilines is 1. The van der Waals surface area contributed by atoms with Gasteiger partial charge in [0.2, 0.25) is 5.91 Å². The lowest BCUT2D eigenvalue weighted by molar-refractivity contribution is -0.116. The lowest BCUT2D eigenvalue weighted by Gasteiger charge is -2.07. The zero-order valence-electron chi connectivity index (χ0n) is 12.3. The lowest BCUT2D eigenvalue weighted by atomic mass is 10.1. The zero-order valence-corrected chi connectivity index (χ0v) is 12.3. The number of aryl methyl sites for hydroxylation is 3. The van der Waals surface area contributed by atoms with Crippen molar-refractivity contribution in [3.05, 3.63) is 41.2 Å². The Kier molecular flexibility index (Phi) is 5.05. The number of nitrogens with one attached hydrogen (secondary N) is 1. The SMILES string of the molecule is Cc1ccc(NC(=O)Cn2cc(CCCO)nn2)cc1C. The summed E-state index contributed by atoms with van der Waals surface area (Å²) in [6.07, 6.45) is 3.04. The molecule has 1 amide bonds. The average Bonchev–Trinajstić information content (AvgIpc) is 2.88. The summed E-state index contributed by atoms with van der Waals surface area (Å²) in [5, 5.41) is 19.5. The van der Waals surface area contributed by atoms with E-state index >= 15 is 0 Å². The molecule has 2 aromatic rings. The molecule has 0 aliphatic rings. The molecule has 1 heterocycles. The molecule has 0 bridgehead atoms. The molecule has 0 saturated carbocycles. The molecule has 0 unspecified atom stereocenters. The number of aromatic nitrogens is 3. The van der Waals surface area contributed by atoms with Gasteiger partial charge in [0.25, 0.3) is 0 Å². The maximum Gasteiger partial charge on any atom is 0.246 e. The van der Waals surface area contributed by atoms with Crippen molar-refractivity contribution in [1.82, 2.24) is 15.0 Å². The predicted octanol–water partition coefficient (Wildman–Crippen LogP) is 1.46. The quantitative estimate of drug-likeness (QED) is 0.843. The third-order valence-corrected chi connectivity index (χ3v) is 3.27. The number of hydrogen-bond acceptors (Lipinski definition) is 4. The molecule has 0 spiro atoms. The number of aliphatic hydroxyl groups excluding tert-OH is 1. The number of nitrogens with zero attached hydrogens (tertiary/aromatic N) is 3. The Labute approximate surface area is 123 Å². The number of carbonyl (C=O) groups excluding carboxylic acids is 1. The Morgan fingerprint density at radius 1 is 1.33 bits per heavy atom. The van der Waals surface area contributed by atoms with E-state index in [0.29, 0.717) is 12.8 Å². The van der Waals surface area contributed by atoms with Crippen LogP contribution in [0.3, 0.4) is 0 Å². The minimum absolute atomic E-state index is 0.124. The van der Waals surface area contributed by atoms with Crippen molar-refractivity contribution in [3.8, 4) is 0 Å². The third-order valence-electron chi connectivity index (χ3n) is 3.27. The molecule has 112 valence electrons. The van der Waals surface area contributed by atoms with Crippen molar-refractivity contribution in [3.63, 3.8) is 0 Å². The normalized spacial score (nSPS) is 10.6. The molecule has 0 fully saturated rings. The Morgan fingerprint density at radius 3 is 2.86 bits per heavy atom. The van der Waals surface area contributed by atoms with Gasteiger partial charge >= 0.3 is 0 Å². The van der Waals surface area contributed by atoms with Crippen LogP contribution in [0.5, 0.6) is 0 Å². The molecular formula is C15H20N4O2. The van der Waals surface area contributed by atoms with Gasteiger partial charge in [-0.2, -0.15) is 0 Å². The highest BCUT2D eigenvalue weighted by atomic mass is 16.2. The van der Waals surface area contributed by atoms with Gasteiger partial charge in [0.15, 0.2) is 0 Å². The largest absolute Gasteiger partial charge is 0.396 e. The van der Waals surface area contributed by atoms with E-state index in [2.05, 4.69) is 15.6 Å². The molecule has 0 aliphatic heterocycles. The summed E-state index contributed by atoms with van der Waals surface area (Å²) in [7, 11) is 0. The molecule has 2 N–H and O–H groups in total. The van der Waals surface area contributed by atoms with E-state index in [1.54, 1.807) is 6.20 Å². The van der Waals surface area contributed by atoms with Gasteiger partial charge in [0.1, 0.15) is 6.54 Å². The van der Waals surface area contributed by atoms with Crippen LogP contribution in [0.15, 0.2) is 24.4 Å². The Bertz CT molecular complexity index is 622. The number of aliphatic hydroxyl groups is 1. The molecule has 2 rings (SSSR count). The molecule has 0 aliphatic carbocycles. The second-order valence-corrected chi connectivity index (χ2v) is 5.08. The summed E-state index contributed by atoms with van der Waals surface area (Å²) in [6.45, 7) is 4.29. The van der Waals surface area contributed by atoms with Gasteiger partial charge in [-0.25, -0.2) is 4.68 Å². The fraction of sp³-hybridized carbons (Fsp3) is 0.400. The van der Waals surface area contributed by atoms with E-state index in [1.807, 2.05) is 32.0 Å². The Balaban J connectivity index is 1.91. The van der Waals surface area contributed by atoms with E-state index in [4.69, 9.17) is 5.11 Å². The highest BCUT2D eigenvalue weighted by molar-refractivity contribution is 5.90. The summed E-state index contributed by atoms with van der Waals surface area (Å²) >= 11 is 0. The smallest absolute Gasteiger partial charge is 0.246 e. The molecule has 0 atom stereocenters. The number of benzene rings is 1. The molecule has 1 aromatic carbocycles. The van der Waals surface area contributed by atoms with Crippen molar-refractivity contribution in [2.75, 3.05) is 11.9 Å². The third kappa shape index (κ3) is 4.39. The van der Waals surface area contributed by atoms with Crippen LogP contribution in [0.4, 0.5) is 5.69 Å². The van der Waals surface area contributed by atoms with E-state index in [9.17, 15) is 4.79 Å². The van der Waals surface area contributed by atoms with Gasteiger partial charge in [-0.15, -0.1) is 5.10 Å². The van der Waals surface area contributed by atoms with Crippen LogP contribution in [0, 0.1) is 13.8 Å². The summed E-state index contributed by atoms with van der Waals surface area (Å²) in [5.74, 6) is -0.142. The first-order valence-electron chi connectivity index (χ1n) is 6.95. The maximum absolute atomic E-state index is 12.0. The van der Waals surface area contributed by atoms with Crippen molar-refractivity contribution < 1.29 is 9.90 Å². The van der Waals surface area contributed by atoms with Crippen LogP contribution in [0.25, 0.3) is 0 Å². The van der Waals surface area contributed by atoms with Crippen molar-refractivity contribution in [2.45, 2.75) is 33.2 Å². The van der Waals surface area contributed by atoms with Gasteiger partial charge in [0.05, 0.1) is 5.69 Å². The zero-order chi connectivity index (χ0) is 15.2. The minimum atomic E-state index is -0.142. The monoisotopic (exact) mass is 288 g/mol. The predicted molar refractivity (Wildman–Crippen MR) is 80.0 cm³/mol. The first kappa shape index (κ1) is 15.2. The van der Waals surface area contributed by atoms with Crippen LogP contribution in [-0.4, -0.2) is 32.6 Å². The summed E-state index contributed by atoms with van der Waals surface area (Å²) < 4.78 is 1.50. The molecule has 6 heteroatoms. The molecular weight excluding hydrogens is 268 g/mol. The Morgan fingerprint density at radius 2 is 2.14 bits per heavy atom. The van der Waals surface area contributed by atoms with Crippen molar-refractivity contribution in [2.24, 2.45) is 0 Å². The van der Waals surface area contributed by atoms with Gasteiger partial charge in [-0.05, 0) is 49.9 Å². The average molecular weight is 288 g/mol. The van der Waals surface area contributed by atoms with Crippen LogP contribution in [0.1, 0.15) is 23.2 Å². The van der Waals surface area contributed by atoms with Crippen LogP contribution in [0.2, 0.25) is 0 Å². The lowest BCUT2D eigenvalue weighted by Crippen LogP contribution is -2.19. The first-order chi connectivity index (χ1) is 10.1. The highest BCUT2D eigenvalue weighted by Gasteiger charge is 2.07. The first-order valence-corrected chi connectivity index (χ1v) is 6.95. The summed E-state index contributed by atoms with van der Waals surface area (Å²) in [6, 6.07) is 5.81. The second-order valence-electron chi connectivity index (χ2n) is 5.08. The molecule has 6 nitrogen and oxygen atoms in total. The van der Waals surface area contributed by atoms with Gasteiger partial charge < -0.3 is 10.4 Å². The van der Waals surface area contributed by atoms with Crippen LogP contribution in [-0.2, 0) is 17.8 Å². The van der Waals surface area contributed by atoms with Crippen LogP contribution < -0.4 is 5.32 Å². The van der Waals surface area contributed by atoms with E-state index < -0.39 is 0 Å². The number of carbonyl (C=O) groups is 1. The summed E-state index contributed by atoms with van der Waals surface area (Å²) in [4.78, 5) is 12.0. The fourth-order valence-electron chi connectivity index (χ4n) is 1.96. The number of amides is 1. The standard InChI is InChI=1S/C15H20N4O2/c1-11-5-6-13(8-12(11)2)16-15(21)10-19-9-14(17-18-19)4-3-7-20/h5-6,8-9,20H,3-4,7,10H2,1-2H3,(H,16,21). The van der Waals surface area contributed by atoms with Crippen molar-refractivity contribution in [1.29, 1.82) is 0 Å². The molecule has 0 saturated heterocycles. The van der Waals surface area contributed by atoms with E-state index in [1.165, 1.54) is 10.2 Å². The van der Waals surface area contributed by atoms with Gasteiger partial charge in [-0.1, -0.05) is 11.3 Å². The van der Waals surface area contributed by atoms with Gasteiger partial charge in [0, 0.05) is 18.5 Å². The number of rotatable bonds is 6. The minimum Gasteiger partial charge on any atom is -0.396 e. The van der Waals surface area contributed by atoms with Crippen LogP contribution >= 0.6 is 0 Å². The van der Waals surface area contributed by atoms with E-state index in [-0.39, 0.29) is 19.1 Å². The van der Waals surface area contributed by atoms with Gasteiger partial charge in [-0.3, -0.25) is 4.79 Å². The highest BCUT2D eigenvalue weighted by Crippen LogP contribution is 2.14. The fourth-order valence-corrected chi connectivity index (χ4v) is 1.96. The Hall–Kier alpha value is -2.21. The molecule has 21 heavy (non-hydrogen) atoms. The summed E-state index contributed by atoms with van der Waals surface area (Å²) in [5.41, 5.74) is 3.89. The maximum atomic E-state index is 12.0. The second kappa shape index (κ2) is 6.99.